The summed E-state index contributed by atoms with van der Waals surface area (Å²) in [7, 11) is -3.72. The zero-order chi connectivity index (χ0) is 30.4. The van der Waals surface area contributed by atoms with Gasteiger partial charge in [-0.3, -0.25) is 9.52 Å². The zero-order valence-electron chi connectivity index (χ0n) is 22.9. The largest absolute Gasteiger partial charge is 0.507 e. The molecule has 41 heavy (non-hydrogen) atoms. The third kappa shape index (κ3) is 8.59. The lowest BCUT2D eigenvalue weighted by molar-refractivity contribution is -0.137. The molecule has 3 aromatic carbocycles. The highest BCUT2D eigenvalue weighted by Gasteiger charge is 2.31. The van der Waals surface area contributed by atoms with Crippen LogP contribution in [0.25, 0.3) is 0 Å². The minimum absolute atomic E-state index is 0.0205. The number of alkyl halides is 3. The lowest BCUT2D eigenvalue weighted by Gasteiger charge is -2.26. The van der Waals surface area contributed by atoms with Crippen molar-refractivity contribution in [3.05, 3.63) is 88.7 Å². The number of phenolic OH excluding ortho intramolecular Hbond substituents is 1. The lowest BCUT2D eigenvalue weighted by Crippen LogP contribution is -2.29. The van der Waals surface area contributed by atoms with E-state index >= 15 is 0 Å². The number of anilines is 2. The molecule has 0 heterocycles. The van der Waals surface area contributed by atoms with E-state index in [-0.39, 0.29) is 23.5 Å². The Labute approximate surface area is 237 Å². The lowest BCUT2D eigenvalue weighted by atomic mass is 9.90. The highest BCUT2D eigenvalue weighted by atomic mass is 32.2. The molecule has 0 fully saturated rings. The normalized spacial score (nSPS) is 12.6. The third-order valence-electron chi connectivity index (χ3n) is 6.70. The number of sulfonamides is 1. The second-order valence-corrected chi connectivity index (χ2v) is 11.3. The number of nitrogens with one attached hydrogen (secondary N) is 2. The Morgan fingerprint density at radius 3 is 2.29 bits per heavy atom. The molecular weight excluding hydrogens is 562 g/mol. The van der Waals surface area contributed by atoms with E-state index in [0.717, 1.165) is 18.4 Å². The van der Waals surface area contributed by atoms with Crippen LogP contribution in [0, 0.1) is 5.82 Å². The van der Waals surface area contributed by atoms with E-state index in [1.807, 2.05) is 18.7 Å². The van der Waals surface area contributed by atoms with Crippen LogP contribution in [0.2, 0.25) is 0 Å². The number of hydrogen-bond donors (Lipinski definition) is 3. The van der Waals surface area contributed by atoms with Gasteiger partial charge in [0.05, 0.1) is 23.1 Å². The maximum Gasteiger partial charge on any atom is 0.416 e. The van der Waals surface area contributed by atoms with E-state index in [0.29, 0.717) is 42.7 Å². The third-order valence-corrected chi connectivity index (χ3v) is 7.29. The summed E-state index contributed by atoms with van der Waals surface area (Å²) in [4.78, 5) is 14.6. The Balaban J connectivity index is 1.93. The van der Waals surface area contributed by atoms with Gasteiger partial charge in [0.15, 0.2) is 0 Å². The topological polar surface area (TPSA) is 98.7 Å². The van der Waals surface area contributed by atoms with Gasteiger partial charge < -0.3 is 15.3 Å². The number of phenols is 1. The van der Waals surface area contributed by atoms with Gasteiger partial charge in [0, 0.05) is 31.2 Å². The fourth-order valence-electron chi connectivity index (χ4n) is 4.57. The van der Waals surface area contributed by atoms with E-state index in [2.05, 4.69) is 10.0 Å². The van der Waals surface area contributed by atoms with Crippen molar-refractivity contribution in [3.8, 4) is 5.75 Å². The molecule has 0 spiro atoms. The van der Waals surface area contributed by atoms with Crippen LogP contribution >= 0.6 is 0 Å². The fourth-order valence-corrected chi connectivity index (χ4v) is 5.14. The minimum Gasteiger partial charge on any atom is -0.507 e. The summed E-state index contributed by atoms with van der Waals surface area (Å²) >= 11 is 0. The van der Waals surface area contributed by atoms with Gasteiger partial charge in [-0.05, 0) is 74.2 Å². The monoisotopic (exact) mass is 595 g/mol. The quantitative estimate of drug-likeness (QED) is 0.226. The molecule has 1 unspecified atom stereocenters. The predicted molar refractivity (Wildman–Crippen MR) is 151 cm³/mol. The van der Waals surface area contributed by atoms with Crippen molar-refractivity contribution in [1.82, 2.24) is 5.32 Å². The second kappa shape index (κ2) is 13.2. The highest BCUT2D eigenvalue weighted by Crippen LogP contribution is 2.35. The molecule has 0 saturated carbocycles. The van der Waals surface area contributed by atoms with Gasteiger partial charge in [-0.1, -0.05) is 24.3 Å². The Kier molecular flexibility index (Phi) is 10.2. The molecule has 0 bridgehead atoms. The molecule has 3 aromatic rings. The average molecular weight is 596 g/mol. The van der Waals surface area contributed by atoms with Gasteiger partial charge >= 0.3 is 6.18 Å². The van der Waals surface area contributed by atoms with Gasteiger partial charge in [-0.25, -0.2) is 12.8 Å². The standard InChI is InChI=1S/C29H33F4N3O4S/c1-4-36(5-2)26-17-22(29(31,32)33)14-12-19(26)10-11-21(18-34-28(38)23-8-6-7-9-27(23)37)20-13-15-25(24(30)16-20)35-41(3,39)40/h6-9,12-17,21,35,37H,4-5,10-11,18H2,1-3H3,(H,34,38). The van der Waals surface area contributed by atoms with Crippen LogP contribution in [0.1, 0.15) is 53.2 Å². The molecule has 1 amide bonds. The van der Waals surface area contributed by atoms with Crippen LogP contribution in [0.15, 0.2) is 60.7 Å². The molecular formula is C29H33F4N3O4S. The van der Waals surface area contributed by atoms with Crippen LogP contribution in [-0.2, 0) is 22.6 Å². The number of rotatable bonds is 12. The first-order valence-corrected chi connectivity index (χ1v) is 14.9. The van der Waals surface area contributed by atoms with Gasteiger partial charge in [0.1, 0.15) is 11.6 Å². The molecule has 0 aromatic heterocycles. The predicted octanol–water partition coefficient (Wildman–Crippen LogP) is 5.91. The van der Waals surface area contributed by atoms with Crippen molar-refractivity contribution >= 4 is 27.3 Å². The van der Waals surface area contributed by atoms with Crippen molar-refractivity contribution in [2.45, 2.75) is 38.8 Å². The van der Waals surface area contributed by atoms with E-state index in [1.54, 1.807) is 12.1 Å². The summed E-state index contributed by atoms with van der Waals surface area (Å²) in [5, 5.41) is 12.8. The molecule has 0 aliphatic rings. The minimum atomic E-state index is -4.50. The second-order valence-electron chi connectivity index (χ2n) is 9.59. The zero-order valence-corrected chi connectivity index (χ0v) is 23.7. The first-order chi connectivity index (χ1) is 19.2. The number of carbonyl (C=O) groups is 1. The fraction of sp³-hybridized carbons (Fsp3) is 0.345. The smallest absolute Gasteiger partial charge is 0.416 e. The van der Waals surface area contributed by atoms with Crippen LogP contribution in [0.4, 0.5) is 28.9 Å². The average Bonchev–Trinajstić information content (AvgIpc) is 2.90. The Hall–Kier alpha value is -3.80. The van der Waals surface area contributed by atoms with Crippen LogP contribution in [0.5, 0.6) is 5.75 Å². The maximum absolute atomic E-state index is 14.9. The summed E-state index contributed by atoms with van der Waals surface area (Å²) in [6.45, 7) is 4.70. The van der Waals surface area contributed by atoms with Gasteiger partial charge in [0.2, 0.25) is 10.0 Å². The molecule has 0 aliphatic heterocycles. The summed E-state index contributed by atoms with van der Waals surface area (Å²) in [5.41, 5.74) is 0.618. The Bertz CT molecular complexity index is 1480. The van der Waals surface area contributed by atoms with Gasteiger partial charge in [-0.2, -0.15) is 13.2 Å². The number of benzene rings is 3. The number of aryl methyl sites for hydroxylation is 1. The Morgan fingerprint density at radius 2 is 1.71 bits per heavy atom. The molecule has 1 atom stereocenters. The van der Waals surface area contributed by atoms with Crippen molar-refractivity contribution in [2.24, 2.45) is 0 Å². The number of halogens is 4. The van der Waals surface area contributed by atoms with E-state index < -0.39 is 39.4 Å². The number of hydrogen-bond acceptors (Lipinski definition) is 5. The molecule has 0 radical (unpaired) electrons. The molecule has 7 nitrogen and oxygen atoms in total. The number of aromatic hydroxyl groups is 1. The van der Waals surface area contributed by atoms with Gasteiger partial charge in [0.25, 0.3) is 5.91 Å². The highest BCUT2D eigenvalue weighted by molar-refractivity contribution is 7.92. The van der Waals surface area contributed by atoms with Crippen LogP contribution in [-0.4, -0.2) is 45.3 Å². The van der Waals surface area contributed by atoms with Crippen molar-refractivity contribution < 1.29 is 35.9 Å². The van der Waals surface area contributed by atoms with Crippen LogP contribution in [0.3, 0.4) is 0 Å². The summed E-state index contributed by atoms with van der Waals surface area (Å²) in [6, 6.07) is 13.6. The number of nitrogens with zero attached hydrogens (tertiary/aromatic N) is 1. The molecule has 12 heteroatoms. The molecule has 222 valence electrons. The van der Waals surface area contributed by atoms with Crippen molar-refractivity contribution in [3.63, 3.8) is 0 Å². The molecule has 3 N–H and O–H groups in total. The van der Waals surface area contributed by atoms with Crippen molar-refractivity contribution in [2.75, 3.05) is 35.5 Å². The summed E-state index contributed by atoms with van der Waals surface area (Å²) in [6.07, 6.45) is -2.98. The summed E-state index contributed by atoms with van der Waals surface area (Å²) < 4.78 is 80.5. The van der Waals surface area contributed by atoms with E-state index in [9.17, 15) is 35.9 Å². The number of para-hydroxylation sites is 1. The van der Waals surface area contributed by atoms with Gasteiger partial charge in [-0.15, -0.1) is 0 Å². The van der Waals surface area contributed by atoms with Crippen LogP contribution < -0.4 is 14.9 Å². The number of carbonyl (C=O) groups excluding carboxylic acids is 1. The SMILES string of the molecule is CCN(CC)c1cc(C(F)(F)F)ccc1CCC(CNC(=O)c1ccccc1O)c1ccc(NS(C)(=O)=O)c(F)c1. The van der Waals surface area contributed by atoms with E-state index in [4.69, 9.17) is 0 Å². The maximum atomic E-state index is 14.9. The Morgan fingerprint density at radius 1 is 1.02 bits per heavy atom. The first-order valence-electron chi connectivity index (χ1n) is 13.0. The molecule has 0 saturated heterocycles. The first kappa shape index (κ1) is 31.7. The number of amides is 1. The summed E-state index contributed by atoms with van der Waals surface area (Å²) in [5.74, 6) is -2.08. The molecule has 3 rings (SSSR count). The molecule has 0 aliphatic carbocycles. The van der Waals surface area contributed by atoms with E-state index in [1.165, 1.54) is 36.4 Å². The van der Waals surface area contributed by atoms with Crippen molar-refractivity contribution in [1.29, 1.82) is 0 Å².